The monoisotopic (exact) mass is 391 g/mol. The summed E-state index contributed by atoms with van der Waals surface area (Å²) >= 11 is 0. The van der Waals surface area contributed by atoms with Crippen LogP contribution in [0.3, 0.4) is 0 Å². The lowest BCUT2D eigenvalue weighted by Gasteiger charge is -2.11. The molecule has 0 aliphatic carbocycles. The highest BCUT2D eigenvalue weighted by Gasteiger charge is 2.12. The van der Waals surface area contributed by atoms with Crippen LogP contribution in [0.5, 0.6) is 11.5 Å². The number of fused-ring (bicyclic) bond motifs is 1. The van der Waals surface area contributed by atoms with E-state index in [-0.39, 0.29) is 24.0 Å². The maximum absolute atomic E-state index is 5.36. The van der Waals surface area contributed by atoms with Gasteiger partial charge in [0.2, 0.25) is 6.79 Å². The van der Waals surface area contributed by atoms with Crippen LogP contribution in [0.2, 0.25) is 0 Å². The first-order chi connectivity index (χ1) is 9.33. The van der Waals surface area contributed by atoms with E-state index in [1.807, 2.05) is 12.1 Å². The fourth-order valence-electron chi connectivity index (χ4n) is 1.89. The van der Waals surface area contributed by atoms with E-state index in [9.17, 15) is 0 Å². The molecule has 0 bridgehead atoms. The van der Waals surface area contributed by atoms with Crippen molar-refractivity contribution < 1.29 is 9.47 Å². The number of nitrogens with one attached hydrogen (secondary N) is 2. The van der Waals surface area contributed by atoms with Crippen LogP contribution < -0.4 is 20.1 Å². The van der Waals surface area contributed by atoms with Gasteiger partial charge in [-0.25, -0.2) is 0 Å². The Hall–Kier alpha value is -1.18. The molecule has 1 aromatic carbocycles. The zero-order valence-corrected chi connectivity index (χ0v) is 14.3. The number of benzene rings is 1. The molecule has 0 saturated carbocycles. The second-order valence-corrected chi connectivity index (χ2v) is 4.36. The summed E-state index contributed by atoms with van der Waals surface area (Å²) in [5, 5.41) is 6.53. The highest BCUT2D eigenvalue weighted by atomic mass is 127. The van der Waals surface area contributed by atoms with Gasteiger partial charge in [-0.2, -0.15) is 0 Å². The minimum atomic E-state index is 0. The van der Waals surface area contributed by atoms with Crippen molar-refractivity contribution in [2.24, 2.45) is 4.99 Å². The highest BCUT2D eigenvalue weighted by molar-refractivity contribution is 14.0. The normalized spacial score (nSPS) is 12.8. The molecule has 2 N–H and O–H groups in total. The van der Waals surface area contributed by atoms with Crippen molar-refractivity contribution >= 4 is 29.9 Å². The molecular weight excluding hydrogens is 369 g/mol. The fraction of sp³-hybridized carbons (Fsp3) is 0.500. The highest BCUT2D eigenvalue weighted by Crippen LogP contribution is 2.32. The summed E-state index contributed by atoms with van der Waals surface area (Å²) in [5.74, 6) is 2.52. The number of hydrogen-bond donors (Lipinski definition) is 2. The SMILES string of the molecule is CCCNC(=NC)NCCc1ccc2c(c1)OCO2.I. The summed E-state index contributed by atoms with van der Waals surface area (Å²) in [6, 6.07) is 6.06. The van der Waals surface area contributed by atoms with E-state index in [4.69, 9.17) is 9.47 Å². The van der Waals surface area contributed by atoms with Crippen LogP contribution in [0.25, 0.3) is 0 Å². The van der Waals surface area contributed by atoms with E-state index >= 15 is 0 Å². The Morgan fingerprint density at radius 1 is 1.20 bits per heavy atom. The minimum Gasteiger partial charge on any atom is -0.454 e. The van der Waals surface area contributed by atoms with Crippen molar-refractivity contribution in [2.45, 2.75) is 19.8 Å². The zero-order chi connectivity index (χ0) is 13.5. The number of ether oxygens (including phenoxy) is 2. The third-order valence-electron chi connectivity index (χ3n) is 2.91. The molecule has 0 aromatic heterocycles. The molecule has 1 aromatic rings. The Morgan fingerprint density at radius 3 is 2.70 bits per heavy atom. The first-order valence-corrected chi connectivity index (χ1v) is 6.66. The molecule has 0 radical (unpaired) electrons. The van der Waals surface area contributed by atoms with E-state index in [2.05, 4.69) is 28.6 Å². The molecule has 0 saturated heterocycles. The summed E-state index contributed by atoms with van der Waals surface area (Å²) in [7, 11) is 1.78. The summed E-state index contributed by atoms with van der Waals surface area (Å²) in [6.45, 7) is 4.23. The van der Waals surface area contributed by atoms with Crippen LogP contribution in [-0.4, -0.2) is 32.9 Å². The van der Waals surface area contributed by atoms with Crippen molar-refractivity contribution in [3.63, 3.8) is 0 Å². The van der Waals surface area contributed by atoms with Crippen molar-refractivity contribution in [3.05, 3.63) is 23.8 Å². The molecule has 112 valence electrons. The number of halogens is 1. The Labute approximate surface area is 137 Å². The Bertz CT molecular complexity index is 452. The van der Waals surface area contributed by atoms with Crippen molar-refractivity contribution in [1.29, 1.82) is 0 Å². The van der Waals surface area contributed by atoms with E-state index in [1.54, 1.807) is 7.05 Å². The van der Waals surface area contributed by atoms with Crippen LogP contribution in [0.1, 0.15) is 18.9 Å². The summed E-state index contributed by atoms with van der Waals surface area (Å²) in [5.41, 5.74) is 1.22. The molecule has 0 spiro atoms. The standard InChI is InChI=1S/C14H21N3O2.HI/c1-3-7-16-14(15-2)17-8-6-11-4-5-12-13(9-11)19-10-18-12;/h4-5,9H,3,6-8,10H2,1-2H3,(H2,15,16,17);1H. The van der Waals surface area contributed by atoms with Gasteiger partial charge in [-0.15, -0.1) is 24.0 Å². The van der Waals surface area contributed by atoms with Crippen molar-refractivity contribution in [1.82, 2.24) is 10.6 Å². The van der Waals surface area contributed by atoms with Gasteiger partial charge in [0.15, 0.2) is 17.5 Å². The number of aliphatic imine (C=N–C) groups is 1. The van der Waals surface area contributed by atoms with Gasteiger partial charge in [-0.05, 0) is 30.5 Å². The number of hydrogen-bond acceptors (Lipinski definition) is 3. The lowest BCUT2D eigenvalue weighted by atomic mass is 10.1. The molecule has 1 aliphatic rings. The maximum atomic E-state index is 5.36. The summed E-state index contributed by atoms with van der Waals surface area (Å²) < 4.78 is 10.7. The Kier molecular flexibility index (Phi) is 7.50. The smallest absolute Gasteiger partial charge is 0.231 e. The number of guanidine groups is 1. The average molecular weight is 391 g/mol. The van der Waals surface area contributed by atoms with E-state index in [0.717, 1.165) is 43.4 Å². The van der Waals surface area contributed by atoms with Gasteiger partial charge < -0.3 is 20.1 Å². The van der Waals surface area contributed by atoms with Crippen LogP contribution in [0.15, 0.2) is 23.2 Å². The van der Waals surface area contributed by atoms with Gasteiger partial charge in [0.25, 0.3) is 0 Å². The van der Waals surface area contributed by atoms with Crippen LogP contribution in [0.4, 0.5) is 0 Å². The molecule has 1 aliphatic heterocycles. The minimum absolute atomic E-state index is 0. The third kappa shape index (κ3) is 4.73. The number of rotatable bonds is 5. The van der Waals surface area contributed by atoms with Gasteiger partial charge in [0.1, 0.15) is 0 Å². The molecule has 0 atom stereocenters. The molecule has 2 rings (SSSR count). The average Bonchev–Trinajstić information content (AvgIpc) is 2.90. The van der Waals surface area contributed by atoms with E-state index < -0.39 is 0 Å². The fourth-order valence-corrected chi connectivity index (χ4v) is 1.89. The van der Waals surface area contributed by atoms with Crippen molar-refractivity contribution in [3.8, 4) is 11.5 Å². The molecule has 0 unspecified atom stereocenters. The molecular formula is C14H22IN3O2. The summed E-state index contributed by atoms with van der Waals surface area (Å²) in [6.07, 6.45) is 2.01. The molecule has 6 heteroatoms. The zero-order valence-electron chi connectivity index (χ0n) is 11.9. The van der Waals surface area contributed by atoms with Crippen LogP contribution in [-0.2, 0) is 6.42 Å². The Balaban J connectivity index is 0.00000200. The molecule has 1 heterocycles. The predicted molar refractivity (Wildman–Crippen MR) is 91.3 cm³/mol. The molecule has 0 amide bonds. The Morgan fingerprint density at radius 2 is 1.95 bits per heavy atom. The molecule has 5 nitrogen and oxygen atoms in total. The largest absolute Gasteiger partial charge is 0.454 e. The molecule has 0 fully saturated rings. The predicted octanol–water partition coefficient (Wildman–Crippen LogP) is 2.15. The van der Waals surface area contributed by atoms with Crippen LogP contribution >= 0.6 is 24.0 Å². The molecule has 20 heavy (non-hydrogen) atoms. The second-order valence-electron chi connectivity index (χ2n) is 4.36. The van der Waals surface area contributed by atoms with E-state index in [1.165, 1.54) is 5.56 Å². The third-order valence-corrected chi connectivity index (χ3v) is 2.91. The van der Waals surface area contributed by atoms with Gasteiger partial charge >= 0.3 is 0 Å². The van der Waals surface area contributed by atoms with Gasteiger partial charge in [0, 0.05) is 20.1 Å². The summed E-state index contributed by atoms with van der Waals surface area (Å²) in [4.78, 5) is 4.16. The maximum Gasteiger partial charge on any atom is 0.231 e. The number of nitrogens with zero attached hydrogens (tertiary/aromatic N) is 1. The van der Waals surface area contributed by atoms with Gasteiger partial charge in [0.05, 0.1) is 0 Å². The van der Waals surface area contributed by atoms with E-state index in [0.29, 0.717) is 6.79 Å². The topological polar surface area (TPSA) is 54.9 Å². The van der Waals surface area contributed by atoms with Gasteiger partial charge in [-0.1, -0.05) is 13.0 Å². The lowest BCUT2D eigenvalue weighted by Crippen LogP contribution is -2.38. The van der Waals surface area contributed by atoms with Crippen LogP contribution in [0, 0.1) is 0 Å². The quantitative estimate of drug-likeness (QED) is 0.459. The first kappa shape index (κ1) is 16.9. The van der Waals surface area contributed by atoms with Gasteiger partial charge in [-0.3, -0.25) is 4.99 Å². The van der Waals surface area contributed by atoms with Crippen molar-refractivity contribution in [2.75, 3.05) is 26.9 Å². The first-order valence-electron chi connectivity index (χ1n) is 6.66. The lowest BCUT2D eigenvalue weighted by molar-refractivity contribution is 0.174. The second kappa shape index (κ2) is 8.89.